The fourth-order valence-electron chi connectivity index (χ4n) is 0.783. The van der Waals surface area contributed by atoms with E-state index in [1.165, 1.54) is 0 Å². The molecule has 0 aliphatic carbocycles. The number of hydrogen-bond acceptors (Lipinski definition) is 2. The van der Waals surface area contributed by atoms with Crippen molar-refractivity contribution < 1.29 is 31.1 Å². The molecule has 90 valence electrons. The maximum absolute atomic E-state index is 13.0. The zero-order valence-electron chi connectivity index (χ0n) is 7.16. The molecule has 0 N–H and O–H groups in total. The van der Waals surface area contributed by atoms with Crippen LogP contribution in [0, 0.1) is 5.82 Å². The van der Waals surface area contributed by atoms with Gasteiger partial charge in [0.25, 0.3) is 12.3 Å². The number of pyridine rings is 1. The van der Waals surface area contributed by atoms with E-state index >= 15 is 0 Å². The largest absolute Gasteiger partial charge is 0.574 e. The third-order valence-electron chi connectivity index (χ3n) is 1.34. The van der Waals surface area contributed by atoms with Crippen molar-refractivity contribution in [1.29, 1.82) is 0 Å². The molecule has 0 spiro atoms. The van der Waals surface area contributed by atoms with E-state index in [2.05, 4.69) is 25.7 Å². The molecule has 2 nitrogen and oxygen atoms in total. The highest BCUT2D eigenvalue weighted by molar-refractivity contribution is 9.10. The minimum Gasteiger partial charge on any atom is -0.385 e. The third-order valence-corrected chi connectivity index (χ3v) is 1.92. The molecule has 1 heterocycles. The first kappa shape index (κ1) is 13.1. The molecule has 0 saturated carbocycles. The van der Waals surface area contributed by atoms with Gasteiger partial charge in [-0.25, -0.2) is 13.8 Å². The smallest absolute Gasteiger partial charge is 0.385 e. The molecule has 0 radical (unpaired) electrons. The van der Waals surface area contributed by atoms with Crippen molar-refractivity contribution in [2.75, 3.05) is 0 Å². The average molecular weight is 310 g/mol. The van der Waals surface area contributed by atoms with Gasteiger partial charge < -0.3 is 4.74 Å². The fraction of sp³-hybridized carbons (Fsp3) is 0.286. The van der Waals surface area contributed by atoms with E-state index in [-0.39, 0.29) is 0 Å². The second-order valence-electron chi connectivity index (χ2n) is 2.50. The van der Waals surface area contributed by atoms with Gasteiger partial charge in [-0.05, 0) is 22.0 Å². The lowest BCUT2D eigenvalue weighted by Gasteiger charge is -2.10. The predicted octanol–water partition coefficient (Wildman–Crippen LogP) is 3.82. The quantitative estimate of drug-likeness (QED) is 0.775. The molecule has 0 aliphatic rings. The fourth-order valence-corrected chi connectivity index (χ4v) is 1.19. The summed E-state index contributed by atoms with van der Waals surface area (Å²) in [7, 11) is 0. The first-order valence-corrected chi connectivity index (χ1v) is 4.40. The summed E-state index contributed by atoms with van der Waals surface area (Å²) in [6, 6.07) is 0.573. The summed E-state index contributed by atoms with van der Waals surface area (Å²) < 4.78 is 75.1. The third kappa shape index (κ3) is 3.26. The Balaban J connectivity index is 3.17. The number of nitrogens with zero attached hydrogens (tertiary/aromatic N) is 1. The van der Waals surface area contributed by atoms with Crippen molar-refractivity contribution in [3.05, 3.63) is 22.1 Å². The number of hydrogen-bond donors (Lipinski definition) is 0. The van der Waals surface area contributed by atoms with E-state index in [4.69, 9.17) is 0 Å². The van der Waals surface area contributed by atoms with Gasteiger partial charge in [0.2, 0.25) is 0 Å². The van der Waals surface area contributed by atoms with Crippen LogP contribution in [0.3, 0.4) is 0 Å². The summed E-state index contributed by atoms with van der Waals surface area (Å²) in [5.41, 5.74) is -1.02. The zero-order chi connectivity index (χ0) is 12.5. The van der Waals surface area contributed by atoms with Gasteiger partial charge in [-0.2, -0.15) is 4.39 Å². The summed E-state index contributed by atoms with van der Waals surface area (Å²) in [4.78, 5) is 2.72. The highest BCUT2D eigenvalue weighted by Crippen LogP contribution is 2.31. The molecule has 16 heavy (non-hydrogen) atoms. The Hall–Kier alpha value is -0.990. The van der Waals surface area contributed by atoms with Crippen molar-refractivity contribution in [3.8, 4) is 5.88 Å². The van der Waals surface area contributed by atoms with Gasteiger partial charge >= 0.3 is 6.36 Å². The molecule has 0 aromatic carbocycles. The predicted molar refractivity (Wildman–Crippen MR) is 43.5 cm³/mol. The summed E-state index contributed by atoms with van der Waals surface area (Å²) in [5.74, 6) is -3.04. The van der Waals surface area contributed by atoms with Crippen molar-refractivity contribution in [2.24, 2.45) is 0 Å². The molecule has 0 aliphatic heterocycles. The topological polar surface area (TPSA) is 22.1 Å². The van der Waals surface area contributed by atoms with Crippen LogP contribution in [-0.2, 0) is 0 Å². The maximum Gasteiger partial charge on any atom is 0.574 e. The van der Waals surface area contributed by atoms with Crippen LogP contribution in [0.5, 0.6) is 5.88 Å². The Bertz CT molecular complexity index is 393. The second kappa shape index (κ2) is 4.48. The molecule has 9 heteroatoms. The minimum atomic E-state index is -5.20. The van der Waals surface area contributed by atoms with Crippen LogP contribution in [-0.4, -0.2) is 11.3 Å². The van der Waals surface area contributed by atoms with Crippen LogP contribution in [0.2, 0.25) is 0 Å². The van der Waals surface area contributed by atoms with E-state index in [1.54, 1.807) is 0 Å². The van der Waals surface area contributed by atoms with Gasteiger partial charge in [-0.3, -0.25) is 0 Å². The van der Waals surface area contributed by atoms with E-state index in [1.807, 2.05) is 0 Å². The monoisotopic (exact) mass is 309 g/mol. The lowest BCUT2D eigenvalue weighted by molar-refractivity contribution is -0.277. The summed E-state index contributed by atoms with van der Waals surface area (Å²) in [6.45, 7) is 0. The number of rotatable bonds is 2. The molecule has 0 atom stereocenters. The Morgan fingerprint density at radius 3 is 2.31 bits per heavy atom. The SMILES string of the molecule is Fc1c(Br)cc(C(F)F)nc1OC(F)(F)F. The van der Waals surface area contributed by atoms with Crippen molar-refractivity contribution in [2.45, 2.75) is 12.8 Å². The molecule has 0 amide bonds. The number of alkyl halides is 5. The zero-order valence-corrected chi connectivity index (χ0v) is 8.74. The summed E-state index contributed by atoms with van der Waals surface area (Å²) in [6.07, 6.45) is -8.33. The molecule has 0 unspecified atom stereocenters. The molecule has 0 bridgehead atoms. The normalized spacial score (nSPS) is 12.0. The molecule has 1 aromatic heterocycles. The van der Waals surface area contributed by atoms with E-state index in [0.29, 0.717) is 6.07 Å². The van der Waals surface area contributed by atoms with Gasteiger partial charge in [0.05, 0.1) is 4.47 Å². The first-order valence-electron chi connectivity index (χ1n) is 3.60. The van der Waals surface area contributed by atoms with Crippen LogP contribution in [0.15, 0.2) is 10.5 Å². The number of aromatic nitrogens is 1. The van der Waals surface area contributed by atoms with Gasteiger partial charge in [0, 0.05) is 0 Å². The molecular formula is C7H2BrF6NO. The Labute approximate surface area is 93.4 Å². The lowest BCUT2D eigenvalue weighted by Crippen LogP contribution is -2.19. The molecule has 1 rings (SSSR count). The van der Waals surface area contributed by atoms with Gasteiger partial charge in [-0.1, -0.05) is 0 Å². The van der Waals surface area contributed by atoms with Crippen molar-refractivity contribution in [1.82, 2.24) is 4.98 Å². The van der Waals surface area contributed by atoms with Crippen LogP contribution in [0.4, 0.5) is 26.3 Å². The maximum atomic E-state index is 13.0. The van der Waals surface area contributed by atoms with E-state index in [9.17, 15) is 26.3 Å². The van der Waals surface area contributed by atoms with Crippen LogP contribution in [0.1, 0.15) is 12.1 Å². The summed E-state index contributed by atoms with van der Waals surface area (Å²) in [5, 5.41) is 0. The summed E-state index contributed by atoms with van der Waals surface area (Å²) >= 11 is 2.48. The Morgan fingerprint density at radius 2 is 1.88 bits per heavy atom. The van der Waals surface area contributed by atoms with Crippen LogP contribution < -0.4 is 4.74 Å². The lowest BCUT2D eigenvalue weighted by atomic mass is 10.3. The number of halogens is 7. The highest BCUT2D eigenvalue weighted by atomic mass is 79.9. The van der Waals surface area contributed by atoms with Crippen molar-refractivity contribution >= 4 is 15.9 Å². The second-order valence-corrected chi connectivity index (χ2v) is 3.35. The van der Waals surface area contributed by atoms with E-state index < -0.39 is 34.7 Å². The van der Waals surface area contributed by atoms with Gasteiger partial charge in [-0.15, -0.1) is 13.2 Å². The molecule has 1 aromatic rings. The standard InChI is InChI=1S/C7H2BrF6NO/c8-2-1-3(5(10)11)15-6(4(2)9)16-7(12,13)14/h1,5H. The van der Waals surface area contributed by atoms with Gasteiger partial charge in [0.15, 0.2) is 5.82 Å². The Morgan fingerprint density at radius 1 is 1.31 bits per heavy atom. The van der Waals surface area contributed by atoms with E-state index in [0.717, 1.165) is 0 Å². The Kier molecular flexibility index (Phi) is 3.66. The molecular weight excluding hydrogens is 308 g/mol. The highest BCUT2D eigenvalue weighted by Gasteiger charge is 2.34. The number of ether oxygens (including phenoxy) is 1. The first-order chi connectivity index (χ1) is 7.20. The minimum absolute atomic E-state index is 0.573. The molecule has 0 saturated heterocycles. The van der Waals surface area contributed by atoms with Crippen molar-refractivity contribution in [3.63, 3.8) is 0 Å². The molecule has 0 fully saturated rings. The van der Waals surface area contributed by atoms with Gasteiger partial charge in [0.1, 0.15) is 5.69 Å². The van der Waals surface area contributed by atoms with Crippen LogP contribution >= 0.6 is 15.9 Å². The average Bonchev–Trinajstić information content (AvgIpc) is 2.10. The van der Waals surface area contributed by atoms with Crippen LogP contribution in [0.25, 0.3) is 0 Å².